The molecule has 3 aliphatic rings. The minimum absolute atomic E-state index is 0.0546. The molecule has 0 radical (unpaired) electrons. The third kappa shape index (κ3) is 2.45. The highest BCUT2D eigenvalue weighted by atomic mass is 16.5. The summed E-state index contributed by atoms with van der Waals surface area (Å²) in [6.07, 6.45) is 6.38. The average Bonchev–Trinajstić information content (AvgIpc) is 3.07. The maximum absolute atomic E-state index is 12.4. The number of nitrogens with zero attached hydrogens (tertiary/aromatic N) is 1. The van der Waals surface area contributed by atoms with Crippen LogP contribution in [-0.2, 0) is 14.3 Å². The predicted molar refractivity (Wildman–Crippen MR) is 78.6 cm³/mol. The van der Waals surface area contributed by atoms with Crippen LogP contribution in [-0.4, -0.2) is 49.1 Å². The molecule has 1 heterocycles. The van der Waals surface area contributed by atoms with Gasteiger partial charge in [0.25, 0.3) is 0 Å². The van der Waals surface area contributed by atoms with Crippen molar-refractivity contribution in [1.29, 1.82) is 0 Å². The topological polar surface area (TPSA) is 58.6 Å². The number of nitrogens with one attached hydrogen (secondary N) is 1. The van der Waals surface area contributed by atoms with Gasteiger partial charge in [0, 0.05) is 38.1 Å². The van der Waals surface area contributed by atoms with Gasteiger partial charge >= 0.3 is 0 Å². The van der Waals surface area contributed by atoms with E-state index in [1.54, 1.807) is 11.9 Å². The molecule has 118 valence electrons. The van der Waals surface area contributed by atoms with Crippen LogP contribution in [0.4, 0.5) is 0 Å². The van der Waals surface area contributed by atoms with Gasteiger partial charge in [-0.15, -0.1) is 0 Å². The summed E-state index contributed by atoms with van der Waals surface area (Å²) in [4.78, 5) is 25.6. The lowest BCUT2D eigenvalue weighted by Crippen LogP contribution is -2.64. The number of amides is 2. The molecule has 1 spiro atoms. The normalized spacial score (nSPS) is 34.3. The Bertz CT molecular complexity index is 431. The highest BCUT2D eigenvalue weighted by Crippen LogP contribution is 2.54. The van der Waals surface area contributed by atoms with Crippen LogP contribution >= 0.6 is 0 Å². The molecule has 3 rings (SSSR count). The SMILES string of the molecule is CCO[C@@H]1C[C@@H](NC(=O)[C@H]2CC(=O)N(C)C2)C12CCCC2. The van der Waals surface area contributed by atoms with Gasteiger partial charge in [0.2, 0.25) is 11.8 Å². The fourth-order valence-corrected chi connectivity index (χ4v) is 4.42. The second-order valence-electron chi connectivity index (χ2n) is 6.86. The van der Waals surface area contributed by atoms with E-state index in [1.165, 1.54) is 12.8 Å². The summed E-state index contributed by atoms with van der Waals surface area (Å²) in [5.74, 6) is -0.0439. The Labute approximate surface area is 126 Å². The molecule has 0 aromatic carbocycles. The van der Waals surface area contributed by atoms with Crippen LogP contribution in [0.5, 0.6) is 0 Å². The van der Waals surface area contributed by atoms with Crippen molar-refractivity contribution in [2.75, 3.05) is 20.2 Å². The van der Waals surface area contributed by atoms with Gasteiger partial charge < -0.3 is 15.0 Å². The number of carbonyl (C=O) groups is 2. The molecule has 2 saturated carbocycles. The zero-order valence-corrected chi connectivity index (χ0v) is 13.1. The number of carbonyl (C=O) groups excluding carboxylic acids is 2. The lowest BCUT2D eigenvalue weighted by atomic mass is 9.60. The van der Waals surface area contributed by atoms with Gasteiger partial charge in [0.05, 0.1) is 12.0 Å². The Morgan fingerprint density at radius 3 is 2.71 bits per heavy atom. The van der Waals surface area contributed by atoms with Crippen LogP contribution in [0.2, 0.25) is 0 Å². The zero-order valence-electron chi connectivity index (χ0n) is 13.1. The number of hydrogen-bond acceptors (Lipinski definition) is 3. The molecule has 1 aliphatic heterocycles. The third-order valence-electron chi connectivity index (χ3n) is 5.72. The molecule has 3 fully saturated rings. The van der Waals surface area contributed by atoms with Crippen molar-refractivity contribution < 1.29 is 14.3 Å². The molecule has 5 heteroatoms. The first-order valence-electron chi connectivity index (χ1n) is 8.23. The van der Waals surface area contributed by atoms with Gasteiger partial charge in [0.1, 0.15) is 0 Å². The Morgan fingerprint density at radius 2 is 2.14 bits per heavy atom. The quantitative estimate of drug-likeness (QED) is 0.850. The van der Waals surface area contributed by atoms with E-state index in [1.807, 2.05) is 6.92 Å². The minimum atomic E-state index is -0.174. The molecule has 21 heavy (non-hydrogen) atoms. The predicted octanol–water partition coefficient (Wildman–Crippen LogP) is 1.32. The highest BCUT2D eigenvalue weighted by molar-refractivity contribution is 5.89. The van der Waals surface area contributed by atoms with Gasteiger partial charge in [-0.1, -0.05) is 12.8 Å². The molecule has 2 aliphatic carbocycles. The summed E-state index contributed by atoms with van der Waals surface area (Å²) in [6.45, 7) is 3.34. The van der Waals surface area contributed by atoms with Gasteiger partial charge in [-0.05, 0) is 26.2 Å². The van der Waals surface area contributed by atoms with Gasteiger partial charge in [-0.25, -0.2) is 0 Å². The summed E-state index contributed by atoms with van der Waals surface area (Å²) >= 11 is 0. The van der Waals surface area contributed by atoms with E-state index < -0.39 is 0 Å². The molecule has 0 unspecified atom stereocenters. The van der Waals surface area contributed by atoms with Crippen LogP contribution in [0, 0.1) is 11.3 Å². The zero-order chi connectivity index (χ0) is 15.0. The van der Waals surface area contributed by atoms with Crippen molar-refractivity contribution in [2.45, 2.75) is 57.6 Å². The molecule has 0 aromatic rings. The van der Waals surface area contributed by atoms with Crippen LogP contribution in [0.15, 0.2) is 0 Å². The minimum Gasteiger partial charge on any atom is -0.378 e. The van der Waals surface area contributed by atoms with Crippen LogP contribution in [0.3, 0.4) is 0 Å². The Morgan fingerprint density at radius 1 is 1.43 bits per heavy atom. The average molecular weight is 294 g/mol. The van der Waals surface area contributed by atoms with Crippen molar-refractivity contribution in [3.63, 3.8) is 0 Å². The number of ether oxygens (including phenoxy) is 1. The lowest BCUT2D eigenvalue weighted by molar-refractivity contribution is -0.146. The Hall–Kier alpha value is -1.10. The Kier molecular flexibility index (Phi) is 3.95. The lowest BCUT2D eigenvalue weighted by Gasteiger charge is -2.54. The van der Waals surface area contributed by atoms with Gasteiger partial charge in [-0.2, -0.15) is 0 Å². The molecule has 0 aromatic heterocycles. The van der Waals surface area contributed by atoms with E-state index in [-0.39, 0.29) is 29.2 Å². The molecule has 2 amide bonds. The first kappa shape index (κ1) is 14.8. The van der Waals surface area contributed by atoms with Crippen molar-refractivity contribution in [2.24, 2.45) is 11.3 Å². The standard InChI is InChI=1S/C16H26N2O3/c1-3-21-13-9-12(16(13)6-4-5-7-16)17-15(20)11-8-14(19)18(2)10-11/h11-13H,3-10H2,1-2H3,(H,17,20)/t11-,12+,13+/m0/s1. The van der Waals surface area contributed by atoms with Crippen molar-refractivity contribution in [1.82, 2.24) is 10.2 Å². The van der Waals surface area contributed by atoms with Crippen LogP contribution in [0.1, 0.15) is 45.4 Å². The maximum Gasteiger partial charge on any atom is 0.225 e. The van der Waals surface area contributed by atoms with Crippen LogP contribution in [0.25, 0.3) is 0 Å². The number of hydrogen-bond donors (Lipinski definition) is 1. The summed E-state index contributed by atoms with van der Waals surface area (Å²) in [7, 11) is 1.77. The third-order valence-corrected chi connectivity index (χ3v) is 5.72. The second-order valence-corrected chi connectivity index (χ2v) is 6.86. The summed E-state index contributed by atoms with van der Waals surface area (Å²) in [6, 6.07) is 0.241. The molecular weight excluding hydrogens is 268 g/mol. The first-order chi connectivity index (χ1) is 10.1. The molecule has 5 nitrogen and oxygen atoms in total. The van der Waals surface area contributed by atoms with Gasteiger partial charge in [0.15, 0.2) is 0 Å². The van der Waals surface area contributed by atoms with E-state index in [0.29, 0.717) is 19.1 Å². The number of rotatable bonds is 4. The fraction of sp³-hybridized carbons (Fsp3) is 0.875. The smallest absolute Gasteiger partial charge is 0.225 e. The monoisotopic (exact) mass is 294 g/mol. The van der Waals surface area contributed by atoms with Gasteiger partial charge in [-0.3, -0.25) is 9.59 Å². The summed E-state index contributed by atoms with van der Waals surface area (Å²) in [5.41, 5.74) is 0.167. The maximum atomic E-state index is 12.4. The second kappa shape index (κ2) is 5.59. The molecule has 1 saturated heterocycles. The van der Waals surface area contributed by atoms with E-state index in [9.17, 15) is 9.59 Å². The van der Waals surface area contributed by atoms with Crippen LogP contribution < -0.4 is 5.32 Å². The number of likely N-dealkylation sites (tertiary alicyclic amines) is 1. The molecule has 0 bridgehead atoms. The molecular formula is C16H26N2O3. The highest BCUT2D eigenvalue weighted by Gasteiger charge is 2.57. The first-order valence-corrected chi connectivity index (χ1v) is 8.23. The van der Waals surface area contributed by atoms with Crippen molar-refractivity contribution in [3.8, 4) is 0 Å². The van der Waals surface area contributed by atoms with E-state index in [4.69, 9.17) is 4.74 Å². The van der Waals surface area contributed by atoms with E-state index in [2.05, 4.69) is 5.32 Å². The Balaban J connectivity index is 1.60. The molecule has 3 atom stereocenters. The van der Waals surface area contributed by atoms with E-state index >= 15 is 0 Å². The summed E-state index contributed by atoms with van der Waals surface area (Å²) in [5, 5.41) is 3.22. The largest absolute Gasteiger partial charge is 0.378 e. The van der Waals surface area contributed by atoms with E-state index in [0.717, 1.165) is 25.9 Å². The summed E-state index contributed by atoms with van der Waals surface area (Å²) < 4.78 is 5.87. The van der Waals surface area contributed by atoms with Crippen molar-refractivity contribution in [3.05, 3.63) is 0 Å². The van der Waals surface area contributed by atoms with Crippen molar-refractivity contribution >= 4 is 11.8 Å². The fourth-order valence-electron chi connectivity index (χ4n) is 4.42. The molecule has 1 N–H and O–H groups in total.